The van der Waals surface area contributed by atoms with Crippen LogP contribution in [-0.4, -0.2) is 28.6 Å². The second-order valence-electron chi connectivity index (χ2n) is 5.10. The zero-order valence-corrected chi connectivity index (χ0v) is 14.1. The van der Waals surface area contributed by atoms with Crippen LogP contribution in [0.5, 0.6) is 0 Å². The number of rotatable bonds is 8. The Kier molecular flexibility index (Phi) is 8.20. The summed E-state index contributed by atoms with van der Waals surface area (Å²) in [6, 6.07) is 9.08. The van der Waals surface area contributed by atoms with Crippen LogP contribution < -0.4 is 0 Å². The Hall–Kier alpha value is -1.33. The van der Waals surface area contributed by atoms with E-state index in [-0.39, 0.29) is 17.5 Å². The monoisotopic (exact) mass is 324 g/mol. The number of carbonyl (C=O) groups excluding carboxylic acids is 2. The van der Waals surface area contributed by atoms with Crippen LogP contribution in [0.25, 0.3) is 0 Å². The Balaban J connectivity index is 2.88. The maximum absolute atomic E-state index is 12.3. The van der Waals surface area contributed by atoms with Gasteiger partial charge in [-0.25, -0.2) is 0 Å². The molecule has 1 aromatic carbocycles. The standard InChI is InChI=1S/C17H24O4S/c1-4-21-16(19)12(3)11-14(17(20)22-5-2)15(18)13-9-7-6-8-10-13/h6-10,12,14-15,18H,4-5,11H2,1-3H3/t12-,14+,15-/m1/s1. The molecule has 0 aromatic heterocycles. The van der Waals surface area contributed by atoms with E-state index in [1.54, 1.807) is 26.0 Å². The van der Waals surface area contributed by atoms with Gasteiger partial charge in [-0.3, -0.25) is 9.59 Å². The lowest BCUT2D eigenvalue weighted by molar-refractivity contribution is -0.148. The van der Waals surface area contributed by atoms with Crippen molar-refractivity contribution in [2.45, 2.75) is 33.3 Å². The van der Waals surface area contributed by atoms with Gasteiger partial charge in [-0.2, -0.15) is 0 Å². The molecule has 0 saturated carbocycles. The smallest absolute Gasteiger partial charge is 0.308 e. The van der Waals surface area contributed by atoms with Crippen LogP contribution in [0.4, 0.5) is 0 Å². The molecule has 0 aliphatic heterocycles. The molecule has 0 fully saturated rings. The number of hydrogen-bond donors (Lipinski definition) is 1. The van der Waals surface area contributed by atoms with Crippen molar-refractivity contribution < 1.29 is 19.4 Å². The van der Waals surface area contributed by atoms with E-state index in [1.807, 2.05) is 25.1 Å². The summed E-state index contributed by atoms with van der Waals surface area (Å²) in [6.07, 6.45) is -0.634. The highest BCUT2D eigenvalue weighted by Crippen LogP contribution is 2.31. The Bertz CT molecular complexity index is 475. The topological polar surface area (TPSA) is 63.6 Å². The minimum Gasteiger partial charge on any atom is -0.466 e. The maximum atomic E-state index is 12.3. The van der Waals surface area contributed by atoms with Gasteiger partial charge in [0.1, 0.15) is 0 Å². The van der Waals surface area contributed by atoms with Crippen LogP contribution in [0.2, 0.25) is 0 Å². The Morgan fingerprint density at radius 3 is 2.41 bits per heavy atom. The van der Waals surface area contributed by atoms with Gasteiger partial charge >= 0.3 is 5.97 Å². The van der Waals surface area contributed by atoms with Crippen molar-refractivity contribution in [3.05, 3.63) is 35.9 Å². The summed E-state index contributed by atoms with van der Waals surface area (Å²) < 4.78 is 4.99. The summed E-state index contributed by atoms with van der Waals surface area (Å²) in [7, 11) is 0. The van der Waals surface area contributed by atoms with Gasteiger partial charge in [-0.15, -0.1) is 0 Å². The number of thioether (sulfide) groups is 1. The number of ether oxygens (including phenoxy) is 1. The predicted octanol–water partition coefficient (Wildman–Crippen LogP) is 3.21. The van der Waals surface area contributed by atoms with Gasteiger partial charge in [0, 0.05) is 0 Å². The molecular weight excluding hydrogens is 300 g/mol. The number of carbonyl (C=O) groups is 2. The average Bonchev–Trinajstić information content (AvgIpc) is 2.53. The van der Waals surface area contributed by atoms with Crippen molar-refractivity contribution in [1.82, 2.24) is 0 Å². The van der Waals surface area contributed by atoms with E-state index in [0.29, 0.717) is 17.9 Å². The van der Waals surface area contributed by atoms with Crippen LogP contribution in [0, 0.1) is 11.8 Å². The SMILES string of the molecule is CCOC(=O)[C@H](C)C[C@H](C(=O)SCC)[C@H](O)c1ccccc1. The van der Waals surface area contributed by atoms with E-state index in [1.165, 1.54) is 11.8 Å². The molecule has 0 unspecified atom stereocenters. The van der Waals surface area contributed by atoms with E-state index in [4.69, 9.17) is 4.74 Å². The molecule has 22 heavy (non-hydrogen) atoms. The number of hydrogen-bond acceptors (Lipinski definition) is 5. The third-order valence-corrected chi connectivity index (χ3v) is 4.28. The first kappa shape index (κ1) is 18.7. The minimum absolute atomic E-state index is 0.0880. The van der Waals surface area contributed by atoms with Crippen LogP contribution in [0.1, 0.15) is 38.9 Å². The van der Waals surface area contributed by atoms with E-state index >= 15 is 0 Å². The van der Waals surface area contributed by atoms with Crippen LogP contribution in [0.15, 0.2) is 30.3 Å². The van der Waals surface area contributed by atoms with Crippen molar-refractivity contribution in [3.63, 3.8) is 0 Å². The number of aliphatic hydroxyl groups is 1. The highest BCUT2D eigenvalue weighted by Gasteiger charge is 2.31. The molecule has 122 valence electrons. The number of aliphatic hydroxyl groups excluding tert-OH is 1. The first-order chi connectivity index (χ1) is 10.5. The third-order valence-electron chi connectivity index (χ3n) is 3.41. The fraction of sp³-hybridized carbons (Fsp3) is 0.529. The fourth-order valence-corrected chi connectivity index (χ4v) is 2.97. The van der Waals surface area contributed by atoms with Crippen LogP contribution in [-0.2, 0) is 14.3 Å². The van der Waals surface area contributed by atoms with Gasteiger partial charge in [0.2, 0.25) is 0 Å². The van der Waals surface area contributed by atoms with E-state index in [2.05, 4.69) is 0 Å². The molecule has 0 radical (unpaired) electrons. The molecule has 1 rings (SSSR count). The molecule has 0 heterocycles. The lowest BCUT2D eigenvalue weighted by atomic mass is 9.88. The number of benzene rings is 1. The summed E-state index contributed by atoms with van der Waals surface area (Å²) in [4.78, 5) is 24.1. The zero-order chi connectivity index (χ0) is 16.5. The van der Waals surface area contributed by atoms with E-state index < -0.39 is 17.9 Å². The minimum atomic E-state index is -0.912. The molecule has 3 atom stereocenters. The normalized spacial score (nSPS) is 14.9. The van der Waals surface area contributed by atoms with Crippen molar-refractivity contribution in [2.24, 2.45) is 11.8 Å². The van der Waals surface area contributed by atoms with E-state index in [0.717, 1.165) is 0 Å². The molecule has 1 N–H and O–H groups in total. The molecule has 0 saturated heterocycles. The van der Waals surface area contributed by atoms with Gasteiger partial charge in [-0.1, -0.05) is 55.9 Å². The summed E-state index contributed by atoms with van der Waals surface area (Å²) in [6.45, 7) is 5.68. The first-order valence-electron chi connectivity index (χ1n) is 7.57. The number of esters is 1. The van der Waals surface area contributed by atoms with E-state index in [9.17, 15) is 14.7 Å². The molecule has 4 nitrogen and oxygen atoms in total. The Morgan fingerprint density at radius 2 is 1.86 bits per heavy atom. The van der Waals surface area contributed by atoms with Crippen molar-refractivity contribution in [2.75, 3.05) is 12.4 Å². The van der Waals surface area contributed by atoms with Crippen LogP contribution >= 0.6 is 11.8 Å². The Labute approximate surface area is 136 Å². The summed E-state index contributed by atoms with van der Waals surface area (Å²) in [5.74, 6) is -0.733. The summed E-state index contributed by atoms with van der Waals surface area (Å²) >= 11 is 1.18. The van der Waals surface area contributed by atoms with Crippen molar-refractivity contribution in [3.8, 4) is 0 Å². The van der Waals surface area contributed by atoms with Crippen LogP contribution in [0.3, 0.4) is 0 Å². The lowest BCUT2D eigenvalue weighted by Gasteiger charge is -2.24. The van der Waals surface area contributed by atoms with Crippen molar-refractivity contribution >= 4 is 22.8 Å². The fourth-order valence-electron chi connectivity index (χ4n) is 2.25. The largest absolute Gasteiger partial charge is 0.466 e. The predicted molar refractivity (Wildman–Crippen MR) is 88.4 cm³/mol. The van der Waals surface area contributed by atoms with Gasteiger partial charge in [0.15, 0.2) is 5.12 Å². The zero-order valence-electron chi connectivity index (χ0n) is 13.3. The highest BCUT2D eigenvalue weighted by atomic mass is 32.2. The molecular formula is C17H24O4S. The second-order valence-corrected chi connectivity index (χ2v) is 6.37. The van der Waals surface area contributed by atoms with Gasteiger partial charge in [0.05, 0.1) is 24.5 Å². The second kappa shape index (κ2) is 9.64. The molecule has 0 spiro atoms. The van der Waals surface area contributed by atoms with Gasteiger partial charge < -0.3 is 9.84 Å². The first-order valence-corrected chi connectivity index (χ1v) is 8.56. The average molecular weight is 324 g/mol. The molecule has 0 bridgehead atoms. The van der Waals surface area contributed by atoms with Crippen molar-refractivity contribution in [1.29, 1.82) is 0 Å². The third kappa shape index (κ3) is 5.46. The molecule has 5 heteroatoms. The molecule has 0 amide bonds. The van der Waals surface area contributed by atoms with Gasteiger partial charge in [-0.05, 0) is 24.7 Å². The molecule has 0 aliphatic carbocycles. The molecule has 0 aliphatic rings. The highest BCUT2D eigenvalue weighted by molar-refractivity contribution is 8.13. The lowest BCUT2D eigenvalue weighted by Crippen LogP contribution is -2.26. The molecule has 1 aromatic rings. The maximum Gasteiger partial charge on any atom is 0.308 e. The van der Waals surface area contributed by atoms with Gasteiger partial charge in [0.25, 0.3) is 0 Å². The Morgan fingerprint density at radius 1 is 1.23 bits per heavy atom. The summed E-state index contributed by atoms with van der Waals surface area (Å²) in [5.41, 5.74) is 0.689. The summed E-state index contributed by atoms with van der Waals surface area (Å²) in [5, 5.41) is 10.5. The quantitative estimate of drug-likeness (QED) is 0.744.